The Bertz CT molecular complexity index is 830. The lowest BCUT2D eigenvalue weighted by Gasteiger charge is -2.31. The maximum atomic E-state index is 13.0. The lowest BCUT2D eigenvalue weighted by molar-refractivity contribution is -0.134. The van der Waals surface area contributed by atoms with E-state index in [4.69, 9.17) is 0 Å². The smallest absolute Gasteiger partial charge is 0.224 e. The zero-order chi connectivity index (χ0) is 23.6. The number of hydrogen-bond acceptors (Lipinski definition) is 4. The molecule has 0 bridgehead atoms. The molecule has 6 nitrogen and oxygen atoms in total. The van der Waals surface area contributed by atoms with E-state index in [0.717, 1.165) is 65.0 Å². The van der Waals surface area contributed by atoms with Crippen molar-refractivity contribution in [1.29, 1.82) is 0 Å². The van der Waals surface area contributed by atoms with Crippen LogP contribution in [-0.4, -0.2) is 60.9 Å². The lowest BCUT2D eigenvalue weighted by Crippen LogP contribution is -2.41. The second kappa shape index (κ2) is 12.7. The molecule has 2 aliphatic heterocycles. The van der Waals surface area contributed by atoms with Gasteiger partial charge in [-0.25, -0.2) is 0 Å². The van der Waals surface area contributed by atoms with E-state index in [9.17, 15) is 9.59 Å². The fourth-order valence-corrected chi connectivity index (χ4v) is 5.01. The summed E-state index contributed by atoms with van der Waals surface area (Å²) in [5, 5.41) is 7.07. The van der Waals surface area contributed by atoms with Crippen molar-refractivity contribution in [2.24, 2.45) is 0 Å². The number of rotatable bonds is 7. The molecule has 0 unspecified atom stereocenters. The van der Waals surface area contributed by atoms with Crippen LogP contribution in [0, 0.1) is 0 Å². The summed E-state index contributed by atoms with van der Waals surface area (Å²) in [7, 11) is 0. The van der Waals surface area contributed by atoms with Crippen LogP contribution >= 0.6 is 0 Å². The first-order valence-corrected chi connectivity index (χ1v) is 12.8. The molecule has 0 spiro atoms. The molecule has 2 aliphatic rings. The Labute approximate surface area is 203 Å². The van der Waals surface area contributed by atoms with E-state index in [2.05, 4.69) is 34.9 Å². The maximum absolute atomic E-state index is 13.0. The van der Waals surface area contributed by atoms with Gasteiger partial charge in [-0.05, 0) is 49.9 Å². The first-order valence-electron chi connectivity index (χ1n) is 12.8. The van der Waals surface area contributed by atoms with Gasteiger partial charge >= 0.3 is 0 Å². The Morgan fingerprint density at radius 2 is 1.06 bits per heavy atom. The van der Waals surface area contributed by atoms with E-state index < -0.39 is 0 Å². The van der Waals surface area contributed by atoms with Gasteiger partial charge in [0, 0.05) is 51.1 Å². The van der Waals surface area contributed by atoms with Crippen molar-refractivity contribution in [1.82, 2.24) is 20.4 Å². The minimum atomic E-state index is 0.0846. The molecule has 2 aromatic carbocycles. The Morgan fingerprint density at radius 1 is 0.647 bits per heavy atom. The first-order chi connectivity index (χ1) is 16.7. The van der Waals surface area contributed by atoms with Gasteiger partial charge in [-0.2, -0.15) is 0 Å². The fourth-order valence-electron chi connectivity index (χ4n) is 5.01. The van der Waals surface area contributed by atoms with Gasteiger partial charge in [-0.3, -0.25) is 9.59 Å². The fraction of sp³-hybridized carbons (Fsp3) is 0.500. The van der Waals surface area contributed by atoms with E-state index in [1.54, 1.807) is 0 Å². The molecule has 6 heteroatoms. The second-order valence-electron chi connectivity index (χ2n) is 9.42. The van der Waals surface area contributed by atoms with Gasteiger partial charge in [0.25, 0.3) is 0 Å². The molecule has 2 heterocycles. The Hall–Kier alpha value is -2.70. The zero-order valence-corrected chi connectivity index (χ0v) is 20.1. The van der Waals surface area contributed by atoms with Crippen molar-refractivity contribution in [3.05, 3.63) is 71.8 Å². The third kappa shape index (κ3) is 6.90. The lowest BCUT2D eigenvalue weighted by atomic mass is 10.0. The number of nitrogens with zero attached hydrogens (tertiary/aromatic N) is 2. The molecular weight excluding hydrogens is 424 g/mol. The van der Waals surface area contributed by atoms with E-state index >= 15 is 0 Å². The topological polar surface area (TPSA) is 64.7 Å². The van der Waals surface area contributed by atoms with Crippen LogP contribution in [0.4, 0.5) is 0 Å². The highest BCUT2D eigenvalue weighted by Crippen LogP contribution is 2.21. The molecule has 0 radical (unpaired) electrons. The van der Waals surface area contributed by atoms with Gasteiger partial charge in [0.15, 0.2) is 0 Å². The van der Waals surface area contributed by atoms with E-state index in [0.29, 0.717) is 12.8 Å². The van der Waals surface area contributed by atoms with Gasteiger partial charge in [0.2, 0.25) is 11.8 Å². The molecule has 2 aromatic rings. The Kier molecular flexibility index (Phi) is 9.11. The van der Waals surface area contributed by atoms with Crippen molar-refractivity contribution in [3.8, 4) is 0 Å². The third-order valence-electron chi connectivity index (χ3n) is 6.96. The van der Waals surface area contributed by atoms with Crippen molar-refractivity contribution >= 4 is 11.8 Å². The number of carbonyl (C=O) groups is 2. The molecule has 2 amide bonds. The summed E-state index contributed by atoms with van der Waals surface area (Å²) in [5.74, 6) is 0.445. The van der Waals surface area contributed by atoms with Crippen LogP contribution in [0.3, 0.4) is 0 Å². The molecule has 2 saturated heterocycles. The van der Waals surface area contributed by atoms with E-state index in [1.807, 2.05) is 46.2 Å². The normalized spacial score (nSPS) is 22.6. The van der Waals surface area contributed by atoms with Crippen LogP contribution in [0.5, 0.6) is 0 Å². The monoisotopic (exact) mass is 462 g/mol. The highest BCUT2D eigenvalue weighted by atomic mass is 16.2. The quantitative estimate of drug-likeness (QED) is 0.617. The number of carbonyl (C=O) groups excluding carboxylic acids is 2. The molecule has 0 saturated carbocycles. The van der Waals surface area contributed by atoms with Gasteiger partial charge < -0.3 is 20.4 Å². The van der Waals surface area contributed by atoms with Crippen molar-refractivity contribution in [2.45, 2.75) is 50.6 Å². The van der Waals surface area contributed by atoms with Gasteiger partial charge in [0.05, 0.1) is 0 Å². The summed E-state index contributed by atoms with van der Waals surface area (Å²) in [6, 6.07) is 20.7. The number of benzene rings is 2. The summed E-state index contributed by atoms with van der Waals surface area (Å²) >= 11 is 0. The first kappa shape index (κ1) is 24.4. The third-order valence-corrected chi connectivity index (χ3v) is 6.96. The van der Waals surface area contributed by atoms with Gasteiger partial charge in [0.1, 0.15) is 0 Å². The standard InChI is InChI=1S/C28H38N4O2/c33-27-21-25(23-11-3-1-4-12-23)29-15-9-19-31(27)17-7-8-18-32-20-10-16-30-26(22-28(32)34)24-13-5-2-6-14-24/h1-6,11-14,25-26,29-30H,7-10,15-22H2/t25-,26-/m0/s1. The zero-order valence-electron chi connectivity index (χ0n) is 20.1. The molecule has 0 aromatic heterocycles. The number of nitrogens with one attached hydrogen (secondary N) is 2. The molecule has 4 rings (SSSR count). The summed E-state index contributed by atoms with van der Waals surface area (Å²) < 4.78 is 0. The summed E-state index contributed by atoms with van der Waals surface area (Å²) in [6.07, 6.45) is 4.80. The van der Waals surface area contributed by atoms with E-state index in [-0.39, 0.29) is 23.9 Å². The van der Waals surface area contributed by atoms with Crippen molar-refractivity contribution in [3.63, 3.8) is 0 Å². The largest absolute Gasteiger partial charge is 0.343 e. The molecule has 0 aliphatic carbocycles. The highest BCUT2D eigenvalue weighted by molar-refractivity contribution is 5.77. The average Bonchev–Trinajstić information content (AvgIpc) is 2.85. The minimum absolute atomic E-state index is 0.0846. The highest BCUT2D eigenvalue weighted by Gasteiger charge is 2.24. The molecule has 2 fully saturated rings. The number of hydrogen-bond donors (Lipinski definition) is 2. The average molecular weight is 463 g/mol. The molecule has 2 atom stereocenters. The van der Waals surface area contributed by atoms with Crippen LogP contribution in [0.25, 0.3) is 0 Å². The molecule has 2 N–H and O–H groups in total. The van der Waals surface area contributed by atoms with Crippen LogP contribution in [0.1, 0.15) is 61.7 Å². The van der Waals surface area contributed by atoms with E-state index in [1.165, 1.54) is 11.1 Å². The van der Waals surface area contributed by atoms with Gasteiger partial charge in [-0.15, -0.1) is 0 Å². The summed E-state index contributed by atoms with van der Waals surface area (Å²) in [6.45, 7) is 5.00. The van der Waals surface area contributed by atoms with Crippen LogP contribution in [0.2, 0.25) is 0 Å². The van der Waals surface area contributed by atoms with Crippen molar-refractivity contribution < 1.29 is 9.59 Å². The Morgan fingerprint density at radius 3 is 1.47 bits per heavy atom. The van der Waals surface area contributed by atoms with Crippen LogP contribution in [0.15, 0.2) is 60.7 Å². The van der Waals surface area contributed by atoms with Gasteiger partial charge in [-0.1, -0.05) is 60.7 Å². The predicted octanol–water partition coefficient (Wildman–Crippen LogP) is 3.67. The summed E-state index contributed by atoms with van der Waals surface area (Å²) in [4.78, 5) is 30.0. The molecule has 34 heavy (non-hydrogen) atoms. The number of unbranched alkanes of at least 4 members (excludes halogenated alkanes) is 1. The predicted molar refractivity (Wildman–Crippen MR) is 135 cm³/mol. The molecular formula is C28H38N4O2. The molecule has 182 valence electrons. The second-order valence-corrected chi connectivity index (χ2v) is 9.42. The Balaban J connectivity index is 1.24. The number of amides is 2. The summed E-state index contributed by atoms with van der Waals surface area (Å²) in [5.41, 5.74) is 2.35. The SMILES string of the molecule is O=C1C[C@@H](c2ccccc2)NCCCN1CCCCN1CCCN[C@H](c2ccccc2)CC1=O. The maximum Gasteiger partial charge on any atom is 0.224 e. The van der Waals surface area contributed by atoms with Crippen LogP contribution < -0.4 is 10.6 Å². The van der Waals surface area contributed by atoms with Crippen LogP contribution in [-0.2, 0) is 9.59 Å². The van der Waals surface area contributed by atoms with Crippen molar-refractivity contribution in [2.75, 3.05) is 39.3 Å². The minimum Gasteiger partial charge on any atom is -0.343 e.